The summed E-state index contributed by atoms with van der Waals surface area (Å²) < 4.78 is 12.5. The molecule has 3 saturated carbocycles. The number of aromatic hydroxyl groups is 1. The Hall–Kier alpha value is -4.99. The number of Topliss-reactive ketones (excluding diaryl/α,β-unsaturated/α-hetero) is 1. The van der Waals surface area contributed by atoms with Gasteiger partial charge in [0.1, 0.15) is 29.0 Å². The summed E-state index contributed by atoms with van der Waals surface area (Å²) in [6.45, 7) is 3.66. The number of phenolic OH excluding ortho intramolecular Hbond substituents is 1. The van der Waals surface area contributed by atoms with Crippen LogP contribution in [0, 0.1) is 35.5 Å². The molecule has 0 saturated heterocycles. The van der Waals surface area contributed by atoms with E-state index in [1.807, 2.05) is 25.1 Å². The topological polar surface area (TPSA) is 183 Å². The van der Waals surface area contributed by atoms with Crippen molar-refractivity contribution in [2.75, 3.05) is 11.9 Å². The molecule has 3 aliphatic heterocycles. The van der Waals surface area contributed by atoms with Gasteiger partial charge in [-0.3, -0.25) is 9.59 Å². The van der Waals surface area contributed by atoms with E-state index in [-0.39, 0.29) is 79.4 Å². The number of esters is 2. The van der Waals surface area contributed by atoms with Gasteiger partial charge in [-0.05, 0) is 122 Å². The van der Waals surface area contributed by atoms with Gasteiger partial charge in [-0.25, -0.2) is 4.79 Å². The molecule has 3 aromatic carbocycles. The minimum absolute atomic E-state index is 0.0262. The summed E-state index contributed by atoms with van der Waals surface area (Å²) in [5, 5.41) is 62.1. The van der Waals surface area contributed by atoms with Crippen molar-refractivity contribution in [3.05, 3.63) is 99.6 Å². The van der Waals surface area contributed by atoms with Gasteiger partial charge in [-0.15, -0.1) is 0 Å². The number of anilines is 1. The fourth-order valence-corrected chi connectivity index (χ4v) is 12.7. The Morgan fingerprint density at radius 3 is 2.49 bits per heavy atom. The second kappa shape index (κ2) is 18.4. The first-order valence-corrected chi connectivity index (χ1v) is 24.0. The largest absolute Gasteiger partial charge is 0.508 e. The second-order valence-corrected chi connectivity index (χ2v) is 20.0. The molecule has 3 aliphatic carbocycles. The number of hydrogen-bond acceptors (Lipinski definition) is 11. The smallest absolute Gasteiger partial charge is 0.334 e. The summed E-state index contributed by atoms with van der Waals surface area (Å²) >= 11 is 0. The summed E-state index contributed by atoms with van der Waals surface area (Å²) in [6, 6.07) is 17.0. The van der Waals surface area contributed by atoms with Crippen LogP contribution in [0.5, 0.6) is 11.5 Å². The van der Waals surface area contributed by atoms with Crippen LogP contribution >= 0.6 is 0 Å². The monoisotopic (exact) mass is 885 g/mol. The number of carbonyl (C=O) groups excluding carboxylic acids is 3. The van der Waals surface area contributed by atoms with Crippen molar-refractivity contribution in [2.45, 2.75) is 152 Å². The molecule has 11 nitrogen and oxygen atoms in total. The highest BCUT2D eigenvalue weighted by molar-refractivity contribution is 5.89. The van der Waals surface area contributed by atoms with Gasteiger partial charge in [-0.2, -0.15) is 0 Å². The molecule has 10 atom stereocenters. The lowest BCUT2D eigenvalue weighted by atomic mass is 9.53. The Morgan fingerprint density at radius 2 is 1.72 bits per heavy atom. The summed E-state index contributed by atoms with van der Waals surface area (Å²) in [5.74, 6) is 3.15. The third-order valence-corrected chi connectivity index (χ3v) is 16.0. The summed E-state index contributed by atoms with van der Waals surface area (Å²) in [4.78, 5) is 42.8. The fraction of sp³-hybridized carbons (Fsp3) is 0.537. The van der Waals surface area contributed by atoms with Gasteiger partial charge in [0, 0.05) is 59.5 Å². The van der Waals surface area contributed by atoms with Gasteiger partial charge in [0.25, 0.3) is 0 Å². The van der Waals surface area contributed by atoms with Crippen LogP contribution in [0.3, 0.4) is 0 Å². The number of carbonyl (C=O) groups is 3. The lowest BCUT2D eigenvalue weighted by molar-refractivity contribution is -0.212. The molecule has 0 radical (unpaired) electrons. The van der Waals surface area contributed by atoms with Gasteiger partial charge in [0.2, 0.25) is 0 Å². The minimum atomic E-state index is -1.60. The second-order valence-electron chi connectivity index (χ2n) is 20.0. The molecular formula is C54H63NO10. The number of phenols is 1. The molecule has 6 N–H and O–H groups in total. The molecular weight excluding hydrogens is 823 g/mol. The number of aliphatic hydroxyl groups excluding tert-OH is 3. The molecule has 0 aromatic heterocycles. The fourth-order valence-electron chi connectivity index (χ4n) is 12.7. The van der Waals surface area contributed by atoms with Crippen molar-refractivity contribution in [1.82, 2.24) is 0 Å². The van der Waals surface area contributed by atoms with Crippen LogP contribution < -0.4 is 10.1 Å². The third kappa shape index (κ3) is 8.64. The van der Waals surface area contributed by atoms with E-state index in [1.54, 1.807) is 25.1 Å². The van der Waals surface area contributed by atoms with Crippen molar-refractivity contribution in [2.24, 2.45) is 23.7 Å². The van der Waals surface area contributed by atoms with E-state index in [0.29, 0.717) is 66.5 Å². The predicted octanol–water partition coefficient (Wildman–Crippen LogP) is 7.22. The summed E-state index contributed by atoms with van der Waals surface area (Å²) in [5.41, 5.74) is 2.66. The highest BCUT2D eigenvalue weighted by atomic mass is 16.6. The van der Waals surface area contributed by atoms with E-state index in [0.717, 1.165) is 36.8 Å². The maximum absolute atomic E-state index is 15.5. The number of ether oxygens (including phenoxy) is 2. The predicted molar refractivity (Wildman–Crippen MR) is 244 cm³/mol. The van der Waals surface area contributed by atoms with Crippen LogP contribution in [0.25, 0.3) is 0 Å². The number of hydrogen-bond donors (Lipinski definition) is 6. The lowest BCUT2D eigenvalue weighted by Crippen LogP contribution is -2.63. The average Bonchev–Trinajstić information content (AvgIpc) is 3.30. The molecule has 6 aliphatic rings. The molecule has 0 amide bonds. The molecule has 344 valence electrons. The molecule has 9 rings (SSSR count). The number of nitrogens with one attached hydrogen (secondary N) is 1. The van der Waals surface area contributed by atoms with E-state index in [1.165, 1.54) is 6.07 Å². The van der Waals surface area contributed by atoms with Crippen LogP contribution in [0.4, 0.5) is 5.69 Å². The Bertz CT molecular complexity index is 2420. The van der Waals surface area contributed by atoms with Crippen molar-refractivity contribution in [3.8, 4) is 23.3 Å². The maximum Gasteiger partial charge on any atom is 0.334 e. The van der Waals surface area contributed by atoms with Crippen molar-refractivity contribution >= 4 is 23.4 Å². The van der Waals surface area contributed by atoms with E-state index >= 15 is 4.79 Å². The average molecular weight is 886 g/mol. The molecule has 3 aromatic rings. The van der Waals surface area contributed by atoms with Crippen molar-refractivity contribution < 1.29 is 49.4 Å². The number of rotatable bonds is 6. The zero-order valence-electron chi connectivity index (χ0n) is 37.6. The van der Waals surface area contributed by atoms with Crippen LogP contribution in [-0.2, 0) is 44.0 Å². The Labute approximate surface area is 381 Å². The van der Waals surface area contributed by atoms with E-state index < -0.39 is 59.0 Å². The summed E-state index contributed by atoms with van der Waals surface area (Å²) in [6.07, 6.45) is 5.84. The SMILES string of the molecule is CCC1CCC2C3Cc4cccc(c4)C4(CCCCC4)C(O)C=C4CC(c5cc(CO)cc(NCC(C)O)c5)C#CC5CC(=O)Oc6cc(O)c(cc65)CC(OC4=O)C1(O)C2CCC3=O. The minimum Gasteiger partial charge on any atom is -0.508 e. The molecule has 10 unspecified atom stereocenters. The van der Waals surface area contributed by atoms with E-state index in [2.05, 4.69) is 35.4 Å². The molecule has 3 heterocycles. The summed E-state index contributed by atoms with van der Waals surface area (Å²) in [7, 11) is 0. The van der Waals surface area contributed by atoms with Crippen LogP contribution in [0.15, 0.2) is 66.2 Å². The maximum atomic E-state index is 15.5. The molecule has 1 spiro atoms. The quantitative estimate of drug-likeness (QED) is 0.0835. The third-order valence-electron chi connectivity index (χ3n) is 16.0. The molecule has 65 heavy (non-hydrogen) atoms. The molecule has 11 heteroatoms. The first-order valence-electron chi connectivity index (χ1n) is 24.0. The van der Waals surface area contributed by atoms with Crippen LogP contribution in [-0.4, -0.2) is 73.7 Å². The zero-order valence-corrected chi connectivity index (χ0v) is 37.6. The van der Waals surface area contributed by atoms with E-state index in [9.17, 15) is 35.1 Å². The highest BCUT2D eigenvalue weighted by Gasteiger charge is 2.59. The number of fused-ring (bicyclic) bond motifs is 8. The van der Waals surface area contributed by atoms with Gasteiger partial charge in [0.15, 0.2) is 0 Å². The lowest BCUT2D eigenvalue weighted by Gasteiger charge is -2.56. The molecule has 10 bridgehead atoms. The zero-order chi connectivity index (χ0) is 45.6. The molecule has 3 fully saturated rings. The van der Waals surface area contributed by atoms with Crippen LogP contribution in [0.2, 0.25) is 0 Å². The van der Waals surface area contributed by atoms with Crippen molar-refractivity contribution in [3.63, 3.8) is 0 Å². The first-order chi connectivity index (χ1) is 31.3. The van der Waals surface area contributed by atoms with E-state index in [4.69, 9.17) is 9.47 Å². The van der Waals surface area contributed by atoms with Gasteiger partial charge >= 0.3 is 11.9 Å². The van der Waals surface area contributed by atoms with Crippen LogP contribution in [0.1, 0.15) is 136 Å². The first kappa shape index (κ1) is 45.2. The highest BCUT2D eigenvalue weighted by Crippen LogP contribution is 2.55. The Kier molecular flexibility index (Phi) is 12.8. The standard InChI is InChI=1S/C54H63NO10/c1-3-39-12-13-42-44-21-32-8-7-9-40(19-32)53(16-5-4-6-17-53)49(60)25-38-22-34(36-18-33(30-56)20-41(23-36)55-29-31(2)57)10-11-35-27-51(61)64-48-28-47(59)37(24-43(35)48)26-50(65-52(38)62)54(39,63)45(42)14-15-46(44)58/h7-9,18-20,23-25,28,31,34-35,39,42,44-45,49-50,55-57,59-60,63H,3-6,12-17,21-22,26-27,29-30H2,1-2H3. The Morgan fingerprint density at radius 1 is 0.923 bits per heavy atom. The number of ketones is 1. The van der Waals surface area contributed by atoms with Gasteiger partial charge in [-0.1, -0.05) is 74.8 Å². The van der Waals surface area contributed by atoms with Gasteiger partial charge < -0.3 is 40.3 Å². The van der Waals surface area contributed by atoms with Crippen molar-refractivity contribution in [1.29, 1.82) is 0 Å². The Balaban J connectivity index is 1.29. The van der Waals surface area contributed by atoms with Gasteiger partial charge in [0.05, 0.1) is 31.2 Å². The number of aliphatic hydroxyl groups is 4. The normalized spacial score (nSPS) is 31.2. The number of benzene rings is 3.